The minimum atomic E-state index is -0.495. The lowest BCUT2D eigenvalue weighted by molar-refractivity contribution is -0.121. The Morgan fingerprint density at radius 1 is 1.03 bits per heavy atom. The number of fused-ring (bicyclic) bond motifs is 1. The van der Waals surface area contributed by atoms with Gasteiger partial charge >= 0.3 is 5.69 Å². The number of anilines is 1. The fourth-order valence-electron chi connectivity index (χ4n) is 3.54. The summed E-state index contributed by atoms with van der Waals surface area (Å²) in [6.07, 6.45) is 1.40. The van der Waals surface area contributed by atoms with Crippen molar-refractivity contribution in [3.63, 3.8) is 0 Å². The highest BCUT2D eigenvalue weighted by Crippen LogP contribution is 2.29. The van der Waals surface area contributed by atoms with E-state index in [9.17, 15) is 14.4 Å². The molecule has 0 bridgehead atoms. The Morgan fingerprint density at radius 3 is 2.33 bits per heavy atom. The molecule has 3 aromatic rings. The Hall–Kier alpha value is -3.75. The van der Waals surface area contributed by atoms with Gasteiger partial charge in [0, 0.05) is 45.4 Å². The third kappa shape index (κ3) is 5.74. The number of unbranched alkanes of at least 4 members (excludes halogenated alkanes) is 1. The highest BCUT2D eigenvalue weighted by molar-refractivity contribution is 5.81. The third-order valence-corrected chi connectivity index (χ3v) is 5.46. The quantitative estimate of drug-likeness (QED) is 0.455. The van der Waals surface area contributed by atoms with Crippen LogP contribution in [0, 0.1) is 0 Å². The zero-order valence-corrected chi connectivity index (χ0v) is 19.4. The average molecular weight is 455 g/mol. The van der Waals surface area contributed by atoms with Crippen LogP contribution in [0.3, 0.4) is 0 Å². The molecule has 0 spiro atoms. The van der Waals surface area contributed by atoms with E-state index in [0.29, 0.717) is 48.2 Å². The van der Waals surface area contributed by atoms with E-state index < -0.39 is 11.2 Å². The van der Waals surface area contributed by atoms with Crippen LogP contribution >= 0.6 is 0 Å². The predicted molar refractivity (Wildman–Crippen MR) is 128 cm³/mol. The minimum absolute atomic E-state index is 0.0664. The summed E-state index contributed by atoms with van der Waals surface area (Å²) in [4.78, 5) is 42.1. The Balaban J connectivity index is 1.55. The van der Waals surface area contributed by atoms with Crippen molar-refractivity contribution in [2.75, 3.05) is 33.2 Å². The molecule has 0 fully saturated rings. The summed E-state index contributed by atoms with van der Waals surface area (Å²) in [6, 6.07) is 11.1. The van der Waals surface area contributed by atoms with Crippen LogP contribution in [0.15, 0.2) is 46.0 Å². The van der Waals surface area contributed by atoms with Gasteiger partial charge in [-0.25, -0.2) is 4.79 Å². The SMILES string of the molecule is COc1cc2[nH]c(=O)n(CCCCC(=O)NCc3ccc(N(C)C)cc3)c(=O)c2cc1OC. The number of aromatic nitrogens is 2. The van der Waals surface area contributed by atoms with Gasteiger partial charge in [-0.15, -0.1) is 0 Å². The van der Waals surface area contributed by atoms with Crippen molar-refractivity contribution in [3.05, 3.63) is 62.8 Å². The standard InChI is InChI=1S/C24H30N4O5/c1-27(2)17-10-8-16(9-11-17)15-25-22(29)7-5-6-12-28-23(30)18-13-20(32-3)21(33-4)14-19(18)26-24(28)31/h8-11,13-14H,5-7,12,15H2,1-4H3,(H,25,29)(H,26,31). The number of nitrogens with one attached hydrogen (secondary N) is 2. The molecular formula is C24H30N4O5. The first kappa shape index (κ1) is 23.9. The van der Waals surface area contributed by atoms with Gasteiger partial charge in [-0.05, 0) is 36.6 Å². The number of benzene rings is 2. The number of rotatable bonds is 10. The molecule has 2 N–H and O–H groups in total. The molecule has 0 atom stereocenters. The van der Waals surface area contributed by atoms with Crippen LogP contribution in [0.2, 0.25) is 0 Å². The van der Waals surface area contributed by atoms with E-state index in [0.717, 1.165) is 15.8 Å². The first-order valence-electron chi connectivity index (χ1n) is 10.8. The molecule has 176 valence electrons. The van der Waals surface area contributed by atoms with Crippen molar-refractivity contribution in [1.82, 2.24) is 14.9 Å². The number of carbonyl (C=O) groups is 1. The number of aromatic amines is 1. The van der Waals surface area contributed by atoms with Gasteiger partial charge in [0.05, 0.1) is 25.1 Å². The lowest BCUT2D eigenvalue weighted by atomic mass is 10.2. The van der Waals surface area contributed by atoms with Gasteiger partial charge in [-0.3, -0.25) is 14.2 Å². The van der Waals surface area contributed by atoms with Crippen molar-refractivity contribution in [1.29, 1.82) is 0 Å². The van der Waals surface area contributed by atoms with E-state index in [4.69, 9.17) is 9.47 Å². The smallest absolute Gasteiger partial charge is 0.328 e. The van der Waals surface area contributed by atoms with Gasteiger partial charge in [0.15, 0.2) is 11.5 Å². The first-order chi connectivity index (χ1) is 15.8. The summed E-state index contributed by atoms with van der Waals surface area (Å²) >= 11 is 0. The molecule has 9 heteroatoms. The number of amides is 1. The van der Waals surface area contributed by atoms with E-state index in [-0.39, 0.29) is 12.5 Å². The van der Waals surface area contributed by atoms with E-state index in [1.807, 2.05) is 43.3 Å². The summed E-state index contributed by atoms with van der Waals surface area (Å²) < 4.78 is 11.6. The average Bonchev–Trinajstić information content (AvgIpc) is 2.81. The maximum Gasteiger partial charge on any atom is 0.328 e. The monoisotopic (exact) mass is 454 g/mol. The van der Waals surface area contributed by atoms with Crippen LogP contribution in [-0.4, -0.2) is 43.8 Å². The lowest BCUT2D eigenvalue weighted by Crippen LogP contribution is -2.35. The molecule has 0 radical (unpaired) electrons. The second-order valence-corrected chi connectivity index (χ2v) is 7.93. The highest BCUT2D eigenvalue weighted by atomic mass is 16.5. The first-order valence-corrected chi connectivity index (χ1v) is 10.8. The summed E-state index contributed by atoms with van der Waals surface area (Å²) in [5.74, 6) is 0.773. The molecule has 0 saturated carbocycles. The summed E-state index contributed by atoms with van der Waals surface area (Å²) in [5, 5.41) is 3.24. The molecule has 2 aromatic carbocycles. The molecular weight excluding hydrogens is 424 g/mol. The van der Waals surface area contributed by atoms with Gasteiger partial charge in [0.1, 0.15) is 0 Å². The van der Waals surface area contributed by atoms with Crippen LogP contribution in [0.1, 0.15) is 24.8 Å². The Kier molecular flexibility index (Phi) is 7.76. The van der Waals surface area contributed by atoms with E-state index in [1.54, 1.807) is 12.1 Å². The molecule has 1 amide bonds. The zero-order chi connectivity index (χ0) is 24.0. The van der Waals surface area contributed by atoms with E-state index >= 15 is 0 Å². The molecule has 33 heavy (non-hydrogen) atoms. The topological polar surface area (TPSA) is 106 Å². The molecule has 9 nitrogen and oxygen atoms in total. The lowest BCUT2D eigenvalue weighted by Gasteiger charge is -2.13. The molecule has 1 heterocycles. The summed E-state index contributed by atoms with van der Waals surface area (Å²) in [6.45, 7) is 0.680. The number of hydrogen-bond acceptors (Lipinski definition) is 6. The van der Waals surface area contributed by atoms with Gasteiger partial charge in [0.25, 0.3) is 5.56 Å². The van der Waals surface area contributed by atoms with E-state index in [2.05, 4.69) is 10.3 Å². The Morgan fingerprint density at radius 2 is 1.70 bits per heavy atom. The fraction of sp³-hybridized carbons (Fsp3) is 0.375. The maximum atomic E-state index is 12.8. The van der Waals surface area contributed by atoms with E-state index in [1.165, 1.54) is 14.2 Å². The largest absolute Gasteiger partial charge is 0.493 e. The predicted octanol–water partition coefficient (Wildman–Crippen LogP) is 2.26. The number of hydrogen-bond donors (Lipinski definition) is 2. The Bertz CT molecular complexity index is 1230. The number of carbonyl (C=O) groups excluding carboxylic acids is 1. The van der Waals surface area contributed by atoms with Crippen LogP contribution in [0.5, 0.6) is 11.5 Å². The molecule has 3 rings (SSSR count). The molecule has 0 saturated heterocycles. The van der Waals surface area contributed by atoms with Crippen LogP contribution < -0.4 is 30.9 Å². The molecule has 0 unspecified atom stereocenters. The van der Waals surface area contributed by atoms with Crippen molar-refractivity contribution >= 4 is 22.5 Å². The summed E-state index contributed by atoms with van der Waals surface area (Å²) in [5.41, 5.74) is 1.61. The summed E-state index contributed by atoms with van der Waals surface area (Å²) in [7, 11) is 6.92. The molecule has 0 aliphatic rings. The van der Waals surface area contributed by atoms with Gasteiger partial charge < -0.3 is 24.7 Å². The number of ether oxygens (including phenoxy) is 2. The minimum Gasteiger partial charge on any atom is -0.493 e. The Labute approximate surface area is 191 Å². The van der Waals surface area contributed by atoms with Crippen molar-refractivity contribution in [2.24, 2.45) is 0 Å². The third-order valence-electron chi connectivity index (χ3n) is 5.46. The normalized spacial score (nSPS) is 10.8. The molecule has 0 aliphatic heterocycles. The maximum absolute atomic E-state index is 12.8. The fourth-order valence-corrected chi connectivity index (χ4v) is 3.54. The zero-order valence-electron chi connectivity index (χ0n) is 19.4. The number of nitrogens with zero attached hydrogens (tertiary/aromatic N) is 2. The molecule has 0 aliphatic carbocycles. The van der Waals surface area contributed by atoms with Crippen molar-refractivity contribution in [2.45, 2.75) is 32.4 Å². The van der Waals surface area contributed by atoms with Crippen LogP contribution in [0.25, 0.3) is 10.9 Å². The highest BCUT2D eigenvalue weighted by Gasteiger charge is 2.13. The molecule has 1 aromatic heterocycles. The van der Waals surface area contributed by atoms with Crippen molar-refractivity contribution < 1.29 is 14.3 Å². The van der Waals surface area contributed by atoms with Gasteiger partial charge in [0.2, 0.25) is 5.91 Å². The van der Waals surface area contributed by atoms with Crippen LogP contribution in [-0.2, 0) is 17.9 Å². The second-order valence-electron chi connectivity index (χ2n) is 7.93. The number of methoxy groups -OCH3 is 2. The van der Waals surface area contributed by atoms with Crippen molar-refractivity contribution in [3.8, 4) is 11.5 Å². The second kappa shape index (κ2) is 10.7. The van der Waals surface area contributed by atoms with Gasteiger partial charge in [-0.1, -0.05) is 12.1 Å². The van der Waals surface area contributed by atoms with Crippen LogP contribution in [0.4, 0.5) is 5.69 Å². The van der Waals surface area contributed by atoms with Gasteiger partial charge in [-0.2, -0.15) is 0 Å². The number of H-pyrrole nitrogens is 1.